The van der Waals surface area contributed by atoms with E-state index in [4.69, 9.17) is 5.11 Å². The molecule has 1 rings (SSSR count). The maximum atomic E-state index is 10.6. The van der Waals surface area contributed by atoms with E-state index in [1.54, 1.807) is 25.2 Å². The van der Waals surface area contributed by atoms with Gasteiger partial charge in [-0.05, 0) is 18.6 Å². The zero-order valence-corrected chi connectivity index (χ0v) is 7.97. The molecule has 0 atom stereocenters. The van der Waals surface area contributed by atoms with Crippen LogP contribution in [0.5, 0.6) is 0 Å². The van der Waals surface area contributed by atoms with Gasteiger partial charge in [-0.1, -0.05) is 42.5 Å². The molecule has 72 valence electrons. The molecule has 2 heteroatoms. The molecule has 0 aliphatic rings. The topological polar surface area (TPSA) is 37.3 Å². The van der Waals surface area contributed by atoms with Crippen molar-refractivity contribution in [3.05, 3.63) is 53.6 Å². The lowest BCUT2D eigenvalue weighted by Crippen LogP contribution is -1.96. The molecule has 0 heterocycles. The maximum Gasteiger partial charge on any atom is 0.335 e. The van der Waals surface area contributed by atoms with Gasteiger partial charge in [0.25, 0.3) is 0 Å². The molecule has 0 radical (unpaired) electrons. The van der Waals surface area contributed by atoms with Crippen molar-refractivity contribution in [2.24, 2.45) is 0 Å². The normalized spacial score (nSPS) is 11.9. The van der Waals surface area contributed by atoms with Crippen LogP contribution in [0.1, 0.15) is 12.5 Å². The van der Waals surface area contributed by atoms with Crippen molar-refractivity contribution in [1.82, 2.24) is 0 Å². The van der Waals surface area contributed by atoms with E-state index in [9.17, 15) is 4.79 Å². The largest absolute Gasteiger partial charge is 0.478 e. The second kappa shape index (κ2) is 5.02. The smallest absolute Gasteiger partial charge is 0.335 e. The first kappa shape index (κ1) is 10.3. The molecule has 0 bridgehead atoms. The van der Waals surface area contributed by atoms with Crippen LogP contribution in [0.25, 0.3) is 6.08 Å². The molecule has 0 spiro atoms. The quantitative estimate of drug-likeness (QED) is 0.585. The SMILES string of the molecule is CC=C(C=Cc1ccccc1)C(=O)O. The Kier molecular flexibility index (Phi) is 3.68. The van der Waals surface area contributed by atoms with Crippen LogP contribution in [0.4, 0.5) is 0 Å². The Balaban J connectivity index is 2.78. The molecule has 1 aromatic rings. The lowest BCUT2D eigenvalue weighted by molar-refractivity contribution is -0.132. The molecule has 0 aliphatic heterocycles. The number of allylic oxidation sites excluding steroid dienone is 1. The average Bonchev–Trinajstić information content (AvgIpc) is 2.20. The van der Waals surface area contributed by atoms with E-state index in [0.717, 1.165) is 5.56 Å². The minimum atomic E-state index is -0.903. The lowest BCUT2D eigenvalue weighted by atomic mass is 10.1. The second-order valence-corrected chi connectivity index (χ2v) is 2.79. The van der Waals surface area contributed by atoms with Gasteiger partial charge in [-0.2, -0.15) is 0 Å². The van der Waals surface area contributed by atoms with Gasteiger partial charge < -0.3 is 5.11 Å². The van der Waals surface area contributed by atoms with E-state index in [2.05, 4.69) is 0 Å². The van der Waals surface area contributed by atoms with Crippen LogP contribution in [-0.4, -0.2) is 11.1 Å². The Labute approximate surface area is 83.2 Å². The number of carboxylic acids is 1. The fourth-order valence-corrected chi connectivity index (χ4v) is 1.04. The number of hydrogen-bond acceptors (Lipinski definition) is 1. The Morgan fingerprint density at radius 2 is 1.93 bits per heavy atom. The first-order valence-electron chi connectivity index (χ1n) is 4.37. The number of aliphatic carboxylic acids is 1. The van der Waals surface area contributed by atoms with E-state index in [1.807, 2.05) is 30.3 Å². The van der Waals surface area contributed by atoms with Crippen molar-refractivity contribution in [3.8, 4) is 0 Å². The van der Waals surface area contributed by atoms with Crippen LogP contribution < -0.4 is 0 Å². The summed E-state index contributed by atoms with van der Waals surface area (Å²) in [5.74, 6) is -0.903. The summed E-state index contributed by atoms with van der Waals surface area (Å²) in [6.45, 7) is 1.71. The van der Waals surface area contributed by atoms with Gasteiger partial charge in [-0.25, -0.2) is 4.79 Å². The summed E-state index contributed by atoms with van der Waals surface area (Å²) in [5.41, 5.74) is 1.29. The molecule has 2 nitrogen and oxygen atoms in total. The molecule has 0 fully saturated rings. The van der Waals surface area contributed by atoms with Gasteiger partial charge in [-0.3, -0.25) is 0 Å². The van der Waals surface area contributed by atoms with Crippen LogP contribution in [0.15, 0.2) is 48.1 Å². The monoisotopic (exact) mass is 188 g/mol. The number of hydrogen-bond donors (Lipinski definition) is 1. The zero-order chi connectivity index (χ0) is 10.4. The second-order valence-electron chi connectivity index (χ2n) is 2.79. The van der Waals surface area contributed by atoms with Gasteiger partial charge in [0.05, 0.1) is 5.57 Å². The van der Waals surface area contributed by atoms with Crippen LogP contribution in [0.3, 0.4) is 0 Å². The Morgan fingerprint density at radius 1 is 1.29 bits per heavy atom. The van der Waals surface area contributed by atoms with Crippen LogP contribution in [-0.2, 0) is 4.79 Å². The summed E-state index contributed by atoms with van der Waals surface area (Å²) in [6.07, 6.45) is 4.95. The molecule has 14 heavy (non-hydrogen) atoms. The fraction of sp³-hybridized carbons (Fsp3) is 0.0833. The Bertz CT molecular complexity index is 361. The van der Waals surface area contributed by atoms with Gasteiger partial charge in [0.2, 0.25) is 0 Å². The molecular formula is C12H12O2. The lowest BCUT2D eigenvalue weighted by Gasteiger charge is -1.93. The predicted octanol–water partition coefficient (Wildman–Crippen LogP) is 2.73. The highest BCUT2D eigenvalue weighted by Gasteiger charge is 1.99. The van der Waals surface area contributed by atoms with E-state index >= 15 is 0 Å². The summed E-state index contributed by atoms with van der Waals surface area (Å²) < 4.78 is 0. The van der Waals surface area contributed by atoms with Gasteiger partial charge in [0, 0.05) is 0 Å². The molecule has 1 N–H and O–H groups in total. The van der Waals surface area contributed by atoms with Crippen LogP contribution >= 0.6 is 0 Å². The Hall–Kier alpha value is -1.83. The Morgan fingerprint density at radius 3 is 2.43 bits per heavy atom. The van der Waals surface area contributed by atoms with Gasteiger partial charge in [-0.15, -0.1) is 0 Å². The van der Waals surface area contributed by atoms with Crippen molar-refractivity contribution in [2.75, 3.05) is 0 Å². The van der Waals surface area contributed by atoms with Crippen molar-refractivity contribution in [3.63, 3.8) is 0 Å². The van der Waals surface area contributed by atoms with Gasteiger partial charge in [0.1, 0.15) is 0 Å². The average molecular weight is 188 g/mol. The van der Waals surface area contributed by atoms with Gasteiger partial charge in [0.15, 0.2) is 0 Å². The summed E-state index contributed by atoms with van der Waals surface area (Å²) >= 11 is 0. The molecule has 1 aromatic carbocycles. The third kappa shape index (κ3) is 2.90. The first-order valence-corrected chi connectivity index (χ1v) is 4.37. The highest BCUT2D eigenvalue weighted by Crippen LogP contribution is 2.05. The van der Waals surface area contributed by atoms with E-state index < -0.39 is 5.97 Å². The molecule has 0 unspecified atom stereocenters. The number of rotatable bonds is 3. The summed E-state index contributed by atoms with van der Waals surface area (Å²) in [5, 5.41) is 8.73. The van der Waals surface area contributed by atoms with E-state index in [0.29, 0.717) is 5.57 Å². The fourth-order valence-electron chi connectivity index (χ4n) is 1.04. The van der Waals surface area contributed by atoms with Crippen molar-refractivity contribution in [2.45, 2.75) is 6.92 Å². The number of carbonyl (C=O) groups is 1. The number of carboxylic acid groups (broad SMARTS) is 1. The zero-order valence-electron chi connectivity index (χ0n) is 7.97. The predicted molar refractivity (Wildman–Crippen MR) is 56.9 cm³/mol. The van der Waals surface area contributed by atoms with Crippen molar-refractivity contribution >= 4 is 12.0 Å². The molecule has 0 saturated heterocycles. The third-order valence-electron chi connectivity index (χ3n) is 1.81. The van der Waals surface area contributed by atoms with Crippen molar-refractivity contribution < 1.29 is 9.90 Å². The molecular weight excluding hydrogens is 176 g/mol. The van der Waals surface area contributed by atoms with Gasteiger partial charge >= 0.3 is 5.97 Å². The standard InChI is InChI=1S/C12H12O2/c1-2-11(12(13)14)9-8-10-6-4-3-5-7-10/h2-9H,1H3,(H,13,14). The minimum Gasteiger partial charge on any atom is -0.478 e. The highest BCUT2D eigenvalue weighted by atomic mass is 16.4. The van der Waals surface area contributed by atoms with Crippen molar-refractivity contribution in [1.29, 1.82) is 0 Å². The molecule has 0 aromatic heterocycles. The first-order chi connectivity index (χ1) is 6.74. The van der Waals surface area contributed by atoms with E-state index in [1.165, 1.54) is 0 Å². The van der Waals surface area contributed by atoms with E-state index in [-0.39, 0.29) is 0 Å². The summed E-state index contributed by atoms with van der Waals surface area (Å²) in [6, 6.07) is 9.59. The van der Waals surface area contributed by atoms with Crippen LogP contribution in [0.2, 0.25) is 0 Å². The maximum absolute atomic E-state index is 10.6. The highest BCUT2D eigenvalue weighted by molar-refractivity contribution is 5.91. The molecule has 0 saturated carbocycles. The minimum absolute atomic E-state index is 0.300. The molecule has 0 amide bonds. The molecule has 0 aliphatic carbocycles. The summed E-state index contributed by atoms with van der Waals surface area (Å²) in [4.78, 5) is 10.6. The van der Waals surface area contributed by atoms with Crippen LogP contribution in [0, 0.1) is 0 Å². The third-order valence-corrected chi connectivity index (χ3v) is 1.81. The summed E-state index contributed by atoms with van der Waals surface area (Å²) in [7, 11) is 0. The number of benzene rings is 1.